The zero-order valence-electron chi connectivity index (χ0n) is 9.60. The minimum absolute atomic E-state index is 0.187. The maximum Gasteiger partial charge on any atom is 0.335 e. The van der Waals surface area contributed by atoms with Gasteiger partial charge in [0.1, 0.15) is 5.69 Å². The summed E-state index contributed by atoms with van der Waals surface area (Å²) in [6.45, 7) is 1.73. The number of H-pyrrole nitrogens is 1. The largest absolute Gasteiger partial charge is 0.478 e. The summed E-state index contributed by atoms with van der Waals surface area (Å²) < 4.78 is 0. The number of benzene rings is 1. The van der Waals surface area contributed by atoms with E-state index in [1.807, 2.05) is 0 Å². The summed E-state index contributed by atoms with van der Waals surface area (Å²) in [6.07, 6.45) is 2.82. The van der Waals surface area contributed by atoms with E-state index in [-0.39, 0.29) is 11.5 Å². The molecule has 0 saturated heterocycles. The molecule has 2 aromatic rings. The number of aromatic carboxylic acids is 1. The Labute approximate surface area is 103 Å². The van der Waals surface area contributed by atoms with Crippen LogP contribution in [-0.4, -0.2) is 27.0 Å². The van der Waals surface area contributed by atoms with Gasteiger partial charge in [0.15, 0.2) is 0 Å². The average molecular weight is 245 g/mol. The summed E-state index contributed by atoms with van der Waals surface area (Å²) in [7, 11) is 0. The molecule has 1 aromatic carbocycles. The lowest BCUT2D eigenvalue weighted by Crippen LogP contribution is -2.13. The highest BCUT2D eigenvalue weighted by Gasteiger charge is 2.10. The average Bonchev–Trinajstić information content (AvgIpc) is 2.85. The van der Waals surface area contributed by atoms with Crippen LogP contribution in [0.4, 0.5) is 5.69 Å². The van der Waals surface area contributed by atoms with E-state index >= 15 is 0 Å². The van der Waals surface area contributed by atoms with Crippen LogP contribution in [0.2, 0.25) is 0 Å². The number of nitrogens with zero attached hydrogens (tertiary/aromatic N) is 1. The molecule has 0 saturated carbocycles. The fourth-order valence-corrected chi connectivity index (χ4v) is 1.51. The third-order valence-corrected chi connectivity index (χ3v) is 2.46. The predicted octanol–water partition coefficient (Wildman–Crippen LogP) is 1.67. The summed E-state index contributed by atoms with van der Waals surface area (Å²) in [5.74, 6) is -1.32. The van der Waals surface area contributed by atoms with Crippen molar-refractivity contribution in [2.24, 2.45) is 0 Å². The molecule has 0 fully saturated rings. The Morgan fingerprint density at radius 2 is 2.17 bits per heavy atom. The number of hydrogen-bond donors (Lipinski definition) is 3. The van der Waals surface area contributed by atoms with Crippen LogP contribution in [0.5, 0.6) is 0 Å². The number of aryl methyl sites for hydroxylation is 1. The van der Waals surface area contributed by atoms with Gasteiger partial charge < -0.3 is 15.4 Å². The third-order valence-electron chi connectivity index (χ3n) is 2.46. The van der Waals surface area contributed by atoms with Gasteiger partial charge in [-0.25, -0.2) is 9.78 Å². The topological polar surface area (TPSA) is 95.1 Å². The lowest BCUT2D eigenvalue weighted by atomic mass is 10.1. The molecule has 0 radical (unpaired) electrons. The highest BCUT2D eigenvalue weighted by molar-refractivity contribution is 6.03. The normalized spacial score (nSPS) is 10.1. The van der Waals surface area contributed by atoms with Crippen LogP contribution < -0.4 is 5.32 Å². The van der Waals surface area contributed by atoms with Gasteiger partial charge in [-0.1, -0.05) is 0 Å². The summed E-state index contributed by atoms with van der Waals surface area (Å²) in [5.41, 5.74) is 1.78. The lowest BCUT2D eigenvalue weighted by Gasteiger charge is -2.07. The third kappa shape index (κ3) is 2.37. The van der Waals surface area contributed by atoms with E-state index in [1.54, 1.807) is 13.0 Å². The minimum atomic E-state index is -0.996. The van der Waals surface area contributed by atoms with E-state index in [9.17, 15) is 9.59 Å². The molecule has 0 bridgehead atoms. The number of imidazole rings is 1. The number of carboxylic acids is 1. The molecule has 3 N–H and O–H groups in total. The van der Waals surface area contributed by atoms with Crippen molar-refractivity contribution in [3.05, 3.63) is 47.5 Å². The molecule has 0 unspecified atom stereocenters. The van der Waals surface area contributed by atoms with Gasteiger partial charge in [0.05, 0.1) is 18.1 Å². The molecule has 0 aliphatic carbocycles. The van der Waals surface area contributed by atoms with Crippen LogP contribution in [0.15, 0.2) is 30.7 Å². The maximum absolute atomic E-state index is 11.7. The van der Waals surface area contributed by atoms with Gasteiger partial charge in [0.25, 0.3) is 5.91 Å². The number of carbonyl (C=O) groups excluding carboxylic acids is 1. The molecule has 6 nitrogen and oxygen atoms in total. The van der Waals surface area contributed by atoms with E-state index in [0.717, 1.165) is 0 Å². The number of carbonyl (C=O) groups is 2. The summed E-state index contributed by atoms with van der Waals surface area (Å²) in [5, 5.41) is 11.5. The highest BCUT2D eigenvalue weighted by Crippen LogP contribution is 2.17. The smallest absolute Gasteiger partial charge is 0.335 e. The molecular weight excluding hydrogens is 234 g/mol. The minimum Gasteiger partial charge on any atom is -0.478 e. The van der Waals surface area contributed by atoms with Crippen molar-refractivity contribution in [1.82, 2.24) is 9.97 Å². The number of nitrogens with one attached hydrogen (secondary N) is 2. The van der Waals surface area contributed by atoms with Gasteiger partial charge in [0.2, 0.25) is 0 Å². The molecule has 92 valence electrons. The van der Waals surface area contributed by atoms with Crippen LogP contribution in [0, 0.1) is 6.92 Å². The molecule has 2 rings (SSSR count). The first-order valence-electron chi connectivity index (χ1n) is 5.21. The predicted molar refractivity (Wildman–Crippen MR) is 64.7 cm³/mol. The molecule has 0 aliphatic heterocycles. The van der Waals surface area contributed by atoms with E-state index in [2.05, 4.69) is 15.3 Å². The summed E-state index contributed by atoms with van der Waals surface area (Å²) in [6, 6.07) is 4.51. The van der Waals surface area contributed by atoms with Crippen molar-refractivity contribution in [1.29, 1.82) is 0 Å². The SMILES string of the molecule is Cc1cc(C(=O)O)ccc1NC(=O)c1cnc[nH]1. The molecule has 0 atom stereocenters. The van der Waals surface area contributed by atoms with Crippen molar-refractivity contribution in [3.8, 4) is 0 Å². The van der Waals surface area contributed by atoms with Crippen LogP contribution in [-0.2, 0) is 0 Å². The molecule has 1 heterocycles. The van der Waals surface area contributed by atoms with E-state index < -0.39 is 5.97 Å². The molecule has 18 heavy (non-hydrogen) atoms. The Morgan fingerprint density at radius 1 is 1.39 bits per heavy atom. The molecular formula is C12H11N3O3. The number of aromatic nitrogens is 2. The molecule has 0 spiro atoms. The standard InChI is InChI=1S/C12H11N3O3/c1-7-4-8(12(17)18)2-3-9(7)15-11(16)10-5-13-6-14-10/h2-6H,1H3,(H,13,14)(H,15,16)(H,17,18). The number of hydrogen-bond acceptors (Lipinski definition) is 3. The molecule has 1 aromatic heterocycles. The van der Waals surface area contributed by atoms with Gasteiger partial charge in [-0.3, -0.25) is 4.79 Å². The fourth-order valence-electron chi connectivity index (χ4n) is 1.51. The summed E-state index contributed by atoms with van der Waals surface area (Å²) >= 11 is 0. The van der Waals surface area contributed by atoms with Gasteiger partial charge in [-0.2, -0.15) is 0 Å². The Bertz CT molecular complexity index is 591. The van der Waals surface area contributed by atoms with Crippen LogP contribution in [0.1, 0.15) is 26.4 Å². The van der Waals surface area contributed by atoms with E-state index in [4.69, 9.17) is 5.11 Å². The molecule has 6 heteroatoms. The van der Waals surface area contributed by atoms with Crippen molar-refractivity contribution < 1.29 is 14.7 Å². The Hall–Kier alpha value is -2.63. The van der Waals surface area contributed by atoms with Crippen molar-refractivity contribution in [2.45, 2.75) is 6.92 Å². The lowest BCUT2D eigenvalue weighted by molar-refractivity contribution is 0.0696. The first-order chi connectivity index (χ1) is 8.58. The monoisotopic (exact) mass is 245 g/mol. The summed E-state index contributed by atoms with van der Waals surface area (Å²) in [4.78, 5) is 29.0. The van der Waals surface area contributed by atoms with Crippen LogP contribution in [0.25, 0.3) is 0 Å². The zero-order chi connectivity index (χ0) is 13.1. The number of amides is 1. The second-order valence-electron chi connectivity index (χ2n) is 3.75. The van der Waals surface area contributed by atoms with Gasteiger partial charge in [-0.05, 0) is 30.7 Å². The Kier molecular flexibility index (Phi) is 3.09. The van der Waals surface area contributed by atoms with Crippen molar-refractivity contribution in [3.63, 3.8) is 0 Å². The second kappa shape index (κ2) is 4.70. The Balaban J connectivity index is 2.20. The van der Waals surface area contributed by atoms with Crippen LogP contribution >= 0.6 is 0 Å². The highest BCUT2D eigenvalue weighted by atomic mass is 16.4. The van der Waals surface area contributed by atoms with E-state index in [0.29, 0.717) is 16.9 Å². The molecule has 1 amide bonds. The van der Waals surface area contributed by atoms with Crippen LogP contribution in [0.3, 0.4) is 0 Å². The van der Waals surface area contributed by atoms with Gasteiger partial charge in [-0.15, -0.1) is 0 Å². The van der Waals surface area contributed by atoms with E-state index in [1.165, 1.54) is 24.7 Å². The molecule has 0 aliphatic rings. The number of anilines is 1. The number of carboxylic acid groups (broad SMARTS) is 1. The van der Waals surface area contributed by atoms with Gasteiger partial charge >= 0.3 is 5.97 Å². The number of rotatable bonds is 3. The van der Waals surface area contributed by atoms with Crippen molar-refractivity contribution >= 4 is 17.6 Å². The van der Waals surface area contributed by atoms with Crippen molar-refractivity contribution in [2.75, 3.05) is 5.32 Å². The zero-order valence-corrected chi connectivity index (χ0v) is 9.60. The first-order valence-corrected chi connectivity index (χ1v) is 5.21. The Morgan fingerprint density at radius 3 is 2.72 bits per heavy atom. The fraction of sp³-hybridized carbons (Fsp3) is 0.0833. The first kappa shape index (κ1) is 11.8. The number of aromatic amines is 1. The van der Waals surface area contributed by atoms with Gasteiger partial charge in [0, 0.05) is 5.69 Å². The second-order valence-corrected chi connectivity index (χ2v) is 3.75. The maximum atomic E-state index is 11.7. The quantitative estimate of drug-likeness (QED) is 0.766.